The second kappa shape index (κ2) is 8.28. The van der Waals surface area contributed by atoms with E-state index in [0.717, 1.165) is 18.2 Å². The molecule has 0 saturated carbocycles. The van der Waals surface area contributed by atoms with Crippen molar-refractivity contribution in [1.82, 2.24) is 0 Å². The van der Waals surface area contributed by atoms with Gasteiger partial charge in [0.1, 0.15) is 0 Å². The molecule has 1 aliphatic heterocycles. The van der Waals surface area contributed by atoms with E-state index in [-0.39, 0.29) is 35.2 Å². The molecule has 0 radical (unpaired) electrons. The number of carbonyl (C=O) groups excluding carboxylic acids is 1. The van der Waals surface area contributed by atoms with Gasteiger partial charge in [0.2, 0.25) is 0 Å². The zero-order valence-corrected chi connectivity index (χ0v) is 17.3. The summed E-state index contributed by atoms with van der Waals surface area (Å²) in [5, 5.41) is 24.7. The molecule has 0 fully saturated rings. The Kier molecular flexibility index (Phi) is 6.50. The molecule has 0 aliphatic carbocycles. The molecule has 1 atom stereocenters. The Morgan fingerprint density at radius 1 is 1.19 bits per heavy atom. The average molecular weight is 396 g/mol. The Morgan fingerprint density at radius 3 is 2.48 bits per heavy atom. The van der Waals surface area contributed by atoms with Crippen molar-refractivity contribution < 1.29 is 52.4 Å². The molecule has 27 heavy (non-hydrogen) atoms. The van der Waals surface area contributed by atoms with E-state index in [1.165, 1.54) is 5.01 Å². The third-order valence-electron chi connectivity index (χ3n) is 3.61. The maximum Gasteiger partial charge on any atom is 1.00 e. The van der Waals surface area contributed by atoms with Crippen LogP contribution in [0.15, 0.2) is 68.8 Å². The van der Waals surface area contributed by atoms with Crippen LogP contribution in [0, 0.1) is 0 Å². The topological polar surface area (TPSA) is 135 Å². The number of hydrazone groups is 1. The number of anilines is 1. The molecule has 1 N–H and O–H groups in total. The van der Waals surface area contributed by atoms with Crippen LogP contribution in [-0.4, -0.2) is 30.6 Å². The van der Waals surface area contributed by atoms with Gasteiger partial charge in [0.15, 0.2) is 6.04 Å². The Morgan fingerprint density at radius 2 is 1.85 bits per heavy atom. The Hall–Kier alpha value is -2.11. The number of benzene rings is 2. The summed E-state index contributed by atoms with van der Waals surface area (Å²) in [6.45, 7) is 1.59. The van der Waals surface area contributed by atoms with Gasteiger partial charge in [-0.1, -0.05) is 30.0 Å². The molecule has 0 spiro atoms. The SMILES string of the molecule is CC1=NN(c2ccccc2)C(=O)C1N=Nc1cc(S(=O)(=O)O)ccc1[O-].[Na+]. The van der Waals surface area contributed by atoms with Crippen LogP contribution in [0.25, 0.3) is 0 Å². The number of para-hydroxylation sites is 1. The molecule has 0 bridgehead atoms. The average Bonchev–Trinajstić information content (AvgIpc) is 2.88. The first kappa shape index (κ1) is 21.2. The van der Waals surface area contributed by atoms with E-state index in [0.29, 0.717) is 11.4 Å². The summed E-state index contributed by atoms with van der Waals surface area (Å²) >= 11 is 0. The molecule has 1 amide bonds. The van der Waals surface area contributed by atoms with Crippen molar-refractivity contribution in [3.63, 3.8) is 0 Å². The van der Waals surface area contributed by atoms with Crippen LogP contribution in [0.5, 0.6) is 5.75 Å². The van der Waals surface area contributed by atoms with E-state index < -0.39 is 32.7 Å². The molecule has 0 aromatic heterocycles. The zero-order valence-electron chi connectivity index (χ0n) is 14.5. The molecule has 1 unspecified atom stereocenters. The third kappa shape index (κ3) is 4.60. The molecule has 9 nitrogen and oxygen atoms in total. The van der Waals surface area contributed by atoms with Crippen LogP contribution in [0.2, 0.25) is 0 Å². The van der Waals surface area contributed by atoms with Gasteiger partial charge < -0.3 is 5.11 Å². The van der Waals surface area contributed by atoms with Gasteiger partial charge in [-0.3, -0.25) is 9.35 Å². The molecule has 11 heteroatoms. The second-order valence-corrected chi connectivity index (χ2v) is 6.87. The van der Waals surface area contributed by atoms with Crippen molar-refractivity contribution >= 4 is 33.1 Å². The normalized spacial score (nSPS) is 17.1. The van der Waals surface area contributed by atoms with E-state index in [1.807, 2.05) is 0 Å². The summed E-state index contributed by atoms with van der Waals surface area (Å²) in [7, 11) is -4.49. The largest absolute Gasteiger partial charge is 1.00 e. The first-order valence-electron chi connectivity index (χ1n) is 7.41. The second-order valence-electron chi connectivity index (χ2n) is 5.45. The van der Waals surface area contributed by atoms with E-state index in [4.69, 9.17) is 4.55 Å². The molecule has 3 rings (SSSR count). The minimum absolute atomic E-state index is 0. The molecule has 0 saturated heterocycles. The number of hydrogen-bond donors (Lipinski definition) is 1. The maximum atomic E-state index is 12.5. The summed E-state index contributed by atoms with van der Waals surface area (Å²) in [5.74, 6) is -1.04. The van der Waals surface area contributed by atoms with E-state index in [2.05, 4.69) is 15.3 Å². The van der Waals surface area contributed by atoms with Crippen molar-refractivity contribution in [3.8, 4) is 5.75 Å². The minimum Gasteiger partial charge on any atom is -0.871 e. The maximum absolute atomic E-state index is 12.5. The van der Waals surface area contributed by atoms with Crippen molar-refractivity contribution in [3.05, 3.63) is 48.5 Å². The predicted octanol–water partition coefficient (Wildman–Crippen LogP) is -1.11. The van der Waals surface area contributed by atoms with Crippen molar-refractivity contribution in [2.24, 2.45) is 15.3 Å². The summed E-state index contributed by atoms with van der Waals surface area (Å²) in [5.41, 5.74) is 0.632. The number of nitrogens with zero attached hydrogens (tertiary/aromatic N) is 4. The summed E-state index contributed by atoms with van der Waals surface area (Å²) in [6.07, 6.45) is 0. The van der Waals surface area contributed by atoms with Gasteiger partial charge in [0, 0.05) is 0 Å². The fraction of sp³-hybridized carbons (Fsp3) is 0.125. The molecular weight excluding hydrogens is 383 g/mol. The van der Waals surface area contributed by atoms with Crippen molar-refractivity contribution in [1.29, 1.82) is 0 Å². The van der Waals surface area contributed by atoms with Crippen LogP contribution >= 0.6 is 0 Å². The zero-order chi connectivity index (χ0) is 18.9. The van der Waals surface area contributed by atoms with Gasteiger partial charge in [-0.25, -0.2) is 0 Å². The number of carbonyl (C=O) groups is 1. The molecule has 2 aromatic carbocycles. The van der Waals surface area contributed by atoms with E-state index in [9.17, 15) is 18.3 Å². The predicted molar refractivity (Wildman–Crippen MR) is 91.0 cm³/mol. The monoisotopic (exact) mass is 396 g/mol. The van der Waals surface area contributed by atoms with Crippen LogP contribution in [0.4, 0.5) is 11.4 Å². The van der Waals surface area contributed by atoms with Crippen LogP contribution in [-0.2, 0) is 14.9 Å². The van der Waals surface area contributed by atoms with Gasteiger partial charge in [0.25, 0.3) is 16.0 Å². The summed E-state index contributed by atoms with van der Waals surface area (Å²) < 4.78 is 31.4. The molecular formula is C16H13N4NaO5S. The minimum atomic E-state index is -4.49. The van der Waals surface area contributed by atoms with E-state index >= 15 is 0 Å². The van der Waals surface area contributed by atoms with Crippen LogP contribution in [0.3, 0.4) is 0 Å². The van der Waals surface area contributed by atoms with Crippen LogP contribution < -0.4 is 39.7 Å². The number of rotatable bonds is 4. The standard InChI is InChI=1S/C16H14N4O5S.Na/c1-10-15(16(22)20(19-10)11-5-3-2-4-6-11)18-17-13-9-12(26(23,24)25)7-8-14(13)21;/h2-9,15,21H,1H3,(H,23,24,25);/q;+1/p-1. The summed E-state index contributed by atoms with van der Waals surface area (Å²) in [6, 6.07) is 10.5. The molecule has 1 heterocycles. The fourth-order valence-corrected chi connectivity index (χ4v) is 2.80. The molecule has 2 aromatic rings. The molecule has 134 valence electrons. The first-order chi connectivity index (χ1) is 12.3. The Bertz CT molecular complexity index is 1020. The van der Waals surface area contributed by atoms with Crippen molar-refractivity contribution in [2.75, 3.05) is 5.01 Å². The number of azo groups is 1. The molecule has 1 aliphatic rings. The van der Waals surface area contributed by atoms with E-state index in [1.54, 1.807) is 37.3 Å². The Labute approximate surface area is 177 Å². The van der Waals surface area contributed by atoms with Gasteiger partial charge in [-0.05, 0) is 31.2 Å². The quantitative estimate of drug-likeness (QED) is 0.397. The van der Waals surface area contributed by atoms with Gasteiger partial charge in [0.05, 0.1) is 22.0 Å². The Balaban J connectivity index is 0.00000261. The fourth-order valence-electron chi connectivity index (χ4n) is 2.30. The number of hydrogen-bond acceptors (Lipinski definition) is 7. The first-order valence-corrected chi connectivity index (χ1v) is 8.85. The van der Waals surface area contributed by atoms with Gasteiger partial charge >= 0.3 is 29.6 Å². The number of amides is 1. The van der Waals surface area contributed by atoms with Gasteiger partial charge in [-0.2, -0.15) is 28.8 Å². The van der Waals surface area contributed by atoms with Crippen molar-refractivity contribution in [2.45, 2.75) is 17.9 Å². The smallest absolute Gasteiger partial charge is 0.871 e. The summed E-state index contributed by atoms with van der Waals surface area (Å²) in [4.78, 5) is 12.0. The van der Waals surface area contributed by atoms with Crippen LogP contribution in [0.1, 0.15) is 6.92 Å². The third-order valence-corrected chi connectivity index (χ3v) is 4.46. The van der Waals surface area contributed by atoms with Gasteiger partial charge in [-0.15, -0.1) is 0 Å².